The molecule has 4 heteroatoms. The number of fused-ring (bicyclic) bond motifs is 9. The van der Waals surface area contributed by atoms with Gasteiger partial charge in [-0.05, 0) is 182 Å². The molecule has 60 heavy (non-hydrogen) atoms. The van der Waals surface area contributed by atoms with Gasteiger partial charge in [-0.15, -0.1) is 0 Å². The van der Waals surface area contributed by atoms with Crippen LogP contribution in [0.15, 0.2) is 167 Å². The summed E-state index contributed by atoms with van der Waals surface area (Å²) in [5, 5.41) is 8.79. The Hall–Kier alpha value is -7.30. The third kappa shape index (κ3) is 5.74. The topological polar surface area (TPSA) is 32.8 Å². The van der Waals surface area contributed by atoms with Gasteiger partial charge in [-0.25, -0.2) is 0 Å². The third-order valence-electron chi connectivity index (χ3n) is 12.7. The Kier molecular flexibility index (Phi) is 8.15. The zero-order valence-electron chi connectivity index (χ0n) is 34.7. The van der Waals surface area contributed by atoms with E-state index in [-0.39, 0.29) is 0 Å². The largest absolute Gasteiger partial charge is 0.456 e. The molecule has 0 amide bonds. The second-order valence-corrected chi connectivity index (χ2v) is 16.6. The van der Waals surface area contributed by atoms with Crippen LogP contribution in [0, 0.1) is 41.5 Å². The highest BCUT2D eigenvalue weighted by atomic mass is 16.3. The first kappa shape index (κ1) is 35.8. The summed E-state index contributed by atoms with van der Waals surface area (Å²) in [6.07, 6.45) is 0. The molecule has 0 spiro atoms. The summed E-state index contributed by atoms with van der Waals surface area (Å²) in [6.45, 7) is 13.0. The lowest BCUT2D eigenvalue weighted by molar-refractivity contribution is 0.663. The average Bonchev–Trinajstić information content (AvgIpc) is 3.80. The third-order valence-corrected chi connectivity index (χ3v) is 12.7. The van der Waals surface area contributed by atoms with Gasteiger partial charge in [0, 0.05) is 50.3 Å². The zero-order chi connectivity index (χ0) is 40.8. The van der Waals surface area contributed by atoms with Gasteiger partial charge in [-0.3, -0.25) is 0 Å². The summed E-state index contributed by atoms with van der Waals surface area (Å²) in [7, 11) is 0. The number of aryl methyl sites for hydroxylation is 4. The van der Waals surface area contributed by atoms with E-state index >= 15 is 0 Å². The summed E-state index contributed by atoms with van der Waals surface area (Å²) >= 11 is 0. The van der Waals surface area contributed by atoms with E-state index in [1.54, 1.807) is 0 Å². The highest BCUT2D eigenvalue weighted by Crippen LogP contribution is 2.45. The number of hydrogen-bond donors (Lipinski definition) is 0. The van der Waals surface area contributed by atoms with E-state index in [2.05, 4.69) is 209 Å². The predicted octanol–water partition coefficient (Wildman–Crippen LogP) is 16.6. The van der Waals surface area contributed by atoms with Crippen molar-refractivity contribution in [2.45, 2.75) is 41.5 Å². The van der Waals surface area contributed by atoms with Gasteiger partial charge in [-0.1, -0.05) is 71.8 Å². The number of furan rings is 2. The SMILES string of the molecule is Cc1ccc(N(c2ccc3cc4c(cc3c2)oc2c4ccc3oc4cc5cc(N(c6ccc(C)cc6)c6cccc(C)c6C)ccc5cc4c32)c2cccc(C)c2C)cc1. The summed E-state index contributed by atoms with van der Waals surface area (Å²) in [5.41, 5.74) is 17.7. The normalized spacial score (nSPS) is 11.8. The maximum absolute atomic E-state index is 6.87. The second-order valence-electron chi connectivity index (χ2n) is 16.6. The smallest absolute Gasteiger partial charge is 0.147 e. The molecule has 2 heterocycles. The van der Waals surface area contributed by atoms with Crippen molar-refractivity contribution in [1.82, 2.24) is 0 Å². The second kappa shape index (κ2) is 13.6. The molecular weight excluding hydrogens is 733 g/mol. The molecule has 11 rings (SSSR count). The molecule has 0 aliphatic carbocycles. The molecule has 290 valence electrons. The van der Waals surface area contributed by atoms with E-state index in [4.69, 9.17) is 8.83 Å². The Morgan fingerprint density at radius 2 is 0.833 bits per heavy atom. The summed E-state index contributed by atoms with van der Waals surface area (Å²) in [6, 6.07) is 57.3. The van der Waals surface area contributed by atoms with Crippen LogP contribution in [0.3, 0.4) is 0 Å². The van der Waals surface area contributed by atoms with Crippen molar-refractivity contribution in [3.63, 3.8) is 0 Å². The first-order chi connectivity index (χ1) is 29.2. The monoisotopic (exact) mass is 776 g/mol. The van der Waals surface area contributed by atoms with Crippen LogP contribution in [0.25, 0.3) is 65.4 Å². The van der Waals surface area contributed by atoms with Crippen LogP contribution in [0.1, 0.15) is 33.4 Å². The van der Waals surface area contributed by atoms with Crippen LogP contribution < -0.4 is 9.80 Å². The van der Waals surface area contributed by atoms with Crippen molar-refractivity contribution < 1.29 is 8.83 Å². The molecule has 2 aromatic heterocycles. The fraction of sp³-hybridized carbons (Fsp3) is 0.107. The van der Waals surface area contributed by atoms with Gasteiger partial charge >= 0.3 is 0 Å². The highest BCUT2D eigenvalue weighted by Gasteiger charge is 2.21. The number of benzene rings is 9. The molecule has 9 aromatic carbocycles. The Balaban J connectivity index is 1.04. The maximum Gasteiger partial charge on any atom is 0.147 e. The fourth-order valence-electron chi connectivity index (χ4n) is 9.03. The van der Waals surface area contributed by atoms with E-state index in [1.165, 1.54) is 50.1 Å². The Bertz CT molecular complexity index is 3500. The van der Waals surface area contributed by atoms with Gasteiger partial charge in [0.05, 0.1) is 5.39 Å². The van der Waals surface area contributed by atoms with Crippen LogP contribution >= 0.6 is 0 Å². The number of hydrogen-bond acceptors (Lipinski definition) is 4. The van der Waals surface area contributed by atoms with Crippen LogP contribution in [0.5, 0.6) is 0 Å². The van der Waals surface area contributed by atoms with Gasteiger partial charge in [0.2, 0.25) is 0 Å². The van der Waals surface area contributed by atoms with Gasteiger partial charge in [-0.2, -0.15) is 0 Å². The summed E-state index contributed by atoms with van der Waals surface area (Å²) in [4.78, 5) is 4.72. The maximum atomic E-state index is 6.87. The Morgan fingerprint density at radius 3 is 1.37 bits per heavy atom. The number of nitrogens with zero attached hydrogens (tertiary/aromatic N) is 2. The zero-order valence-corrected chi connectivity index (χ0v) is 34.7. The molecule has 0 radical (unpaired) electrons. The van der Waals surface area contributed by atoms with E-state index in [0.717, 1.165) is 82.8 Å². The van der Waals surface area contributed by atoms with Crippen molar-refractivity contribution in [3.8, 4) is 0 Å². The molecular formula is C56H44N2O2. The minimum atomic E-state index is 0.817. The lowest BCUT2D eigenvalue weighted by Gasteiger charge is -2.28. The lowest BCUT2D eigenvalue weighted by atomic mass is 10.0. The fourth-order valence-corrected chi connectivity index (χ4v) is 9.03. The predicted molar refractivity (Wildman–Crippen MR) is 254 cm³/mol. The Morgan fingerprint density at radius 1 is 0.350 bits per heavy atom. The molecule has 0 aliphatic rings. The first-order valence-electron chi connectivity index (χ1n) is 20.7. The van der Waals surface area contributed by atoms with Crippen molar-refractivity contribution >= 4 is 99.5 Å². The van der Waals surface area contributed by atoms with E-state index in [0.29, 0.717) is 0 Å². The van der Waals surface area contributed by atoms with Crippen LogP contribution in [-0.4, -0.2) is 0 Å². The molecule has 11 aromatic rings. The van der Waals surface area contributed by atoms with Gasteiger partial charge in [0.1, 0.15) is 22.3 Å². The van der Waals surface area contributed by atoms with E-state index in [1.807, 2.05) is 0 Å². The van der Waals surface area contributed by atoms with Crippen molar-refractivity contribution in [1.29, 1.82) is 0 Å². The van der Waals surface area contributed by atoms with Gasteiger partial charge < -0.3 is 18.6 Å². The lowest BCUT2D eigenvalue weighted by Crippen LogP contribution is -2.11. The van der Waals surface area contributed by atoms with E-state index in [9.17, 15) is 0 Å². The minimum Gasteiger partial charge on any atom is -0.456 e. The quantitative estimate of drug-likeness (QED) is 0.168. The highest BCUT2D eigenvalue weighted by molar-refractivity contribution is 6.24. The molecule has 0 saturated heterocycles. The van der Waals surface area contributed by atoms with Crippen molar-refractivity contribution in [2.24, 2.45) is 0 Å². The molecule has 0 bridgehead atoms. The van der Waals surface area contributed by atoms with Crippen molar-refractivity contribution in [3.05, 3.63) is 191 Å². The van der Waals surface area contributed by atoms with Crippen LogP contribution in [0.4, 0.5) is 34.1 Å². The number of rotatable bonds is 6. The van der Waals surface area contributed by atoms with Crippen molar-refractivity contribution in [2.75, 3.05) is 9.80 Å². The summed E-state index contributed by atoms with van der Waals surface area (Å²) < 4.78 is 13.5. The van der Waals surface area contributed by atoms with Crippen LogP contribution in [0.2, 0.25) is 0 Å². The van der Waals surface area contributed by atoms with Gasteiger partial charge in [0.25, 0.3) is 0 Å². The standard InChI is InChI=1S/C56H44N2O2/c1-33-13-19-43(20-14-33)57(50-11-7-9-35(3)37(50)5)45-23-17-39-29-48-47-25-26-52-55(56(47)60-53(48)31-41(39)27-45)49-30-40-18-24-46(28-42(40)32-54(49)59-52)58(44-21-15-34(2)16-22-44)51-12-8-10-36(4)38(51)6/h7-32H,1-6H3. The molecule has 0 atom stereocenters. The molecule has 0 aliphatic heterocycles. The van der Waals surface area contributed by atoms with Crippen LogP contribution in [-0.2, 0) is 0 Å². The molecule has 4 nitrogen and oxygen atoms in total. The average molecular weight is 777 g/mol. The first-order valence-corrected chi connectivity index (χ1v) is 20.7. The molecule has 0 saturated carbocycles. The Labute approximate surface area is 349 Å². The number of anilines is 6. The summed E-state index contributed by atoms with van der Waals surface area (Å²) in [5.74, 6) is 0. The van der Waals surface area contributed by atoms with E-state index < -0.39 is 0 Å². The minimum absolute atomic E-state index is 0.817. The molecule has 0 fully saturated rings. The van der Waals surface area contributed by atoms with Gasteiger partial charge in [0.15, 0.2) is 0 Å². The molecule has 0 unspecified atom stereocenters. The molecule has 0 N–H and O–H groups in total.